The van der Waals surface area contributed by atoms with Gasteiger partial charge in [-0.3, -0.25) is 19.3 Å². The molecule has 1 aliphatic carbocycles. The van der Waals surface area contributed by atoms with Crippen molar-refractivity contribution in [1.29, 1.82) is 0 Å². The molecule has 1 saturated heterocycles. The van der Waals surface area contributed by atoms with Crippen LogP contribution in [0.2, 0.25) is 0 Å². The van der Waals surface area contributed by atoms with Crippen LogP contribution in [-0.4, -0.2) is 69.3 Å². The fraction of sp³-hybridized carbons (Fsp3) is 0.522. The first kappa shape index (κ1) is 23.3. The fourth-order valence-electron chi connectivity index (χ4n) is 5.01. The van der Waals surface area contributed by atoms with Crippen molar-refractivity contribution in [2.75, 3.05) is 20.3 Å². The van der Waals surface area contributed by atoms with Crippen LogP contribution in [0, 0.1) is 0 Å². The third-order valence-electron chi connectivity index (χ3n) is 6.57. The summed E-state index contributed by atoms with van der Waals surface area (Å²) in [6, 6.07) is 3.81. The Kier molecular flexibility index (Phi) is 5.76. The lowest BCUT2D eigenvalue weighted by molar-refractivity contribution is -0.180. The summed E-state index contributed by atoms with van der Waals surface area (Å²) < 4.78 is 9.60. The summed E-state index contributed by atoms with van der Waals surface area (Å²) in [7, 11) is 1.48. The average molecular weight is 475 g/mol. The molecule has 0 radical (unpaired) electrons. The number of rotatable bonds is 4. The monoisotopic (exact) mass is 474 g/mol. The van der Waals surface area contributed by atoms with Crippen molar-refractivity contribution in [3.05, 3.63) is 34.4 Å². The van der Waals surface area contributed by atoms with Crippen molar-refractivity contribution < 1.29 is 33.4 Å². The first-order chi connectivity index (χ1) is 15.6. The number of benzene rings is 1. The van der Waals surface area contributed by atoms with Gasteiger partial charge in [0, 0.05) is 26.9 Å². The van der Waals surface area contributed by atoms with Gasteiger partial charge >= 0.3 is 11.9 Å². The van der Waals surface area contributed by atoms with Crippen LogP contribution in [0.3, 0.4) is 0 Å². The average Bonchev–Trinajstić information content (AvgIpc) is 3.21. The van der Waals surface area contributed by atoms with Crippen LogP contribution in [0.15, 0.2) is 12.1 Å². The van der Waals surface area contributed by atoms with E-state index in [1.54, 1.807) is 13.8 Å². The highest BCUT2D eigenvalue weighted by Gasteiger charge is 2.58. The predicted molar refractivity (Wildman–Crippen MR) is 118 cm³/mol. The highest BCUT2D eigenvalue weighted by Crippen LogP contribution is 2.48. The maximum atomic E-state index is 13.1. The summed E-state index contributed by atoms with van der Waals surface area (Å²) in [6.45, 7) is 4.69. The minimum Gasteiger partial charge on any atom is -0.464 e. The van der Waals surface area contributed by atoms with Crippen molar-refractivity contribution >= 4 is 40.8 Å². The zero-order valence-electron chi connectivity index (χ0n) is 19.1. The first-order valence-corrected chi connectivity index (χ1v) is 11.7. The molecule has 176 valence electrons. The molecule has 33 heavy (non-hydrogen) atoms. The molecule has 1 atom stereocenters. The topological polar surface area (TPSA) is 110 Å². The van der Waals surface area contributed by atoms with Gasteiger partial charge < -0.3 is 14.4 Å². The van der Waals surface area contributed by atoms with Gasteiger partial charge in [-0.25, -0.2) is 9.59 Å². The number of thioether (sulfide) groups is 1. The first-order valence-electron chi connectivity index (χ1n) is 10.9. The molecule has 1 aromatic carbocycles. The molecule has 2 heterocycles. The Hall–Kier alpha value is -2.88. The van der Waals surface area contributed by atoms with Gasteiger partial charge in [0.2, 0.25) is 17.4 Å². The summed E-state index contributed by atoms with van der Waals surface area (Å²) in [6.07, 6.45) is 0.716. The van der Waals surface area contributed by atoms with Crippen LogP contribution in [0.4, 0.5) is 4.79 Å². The number of hydrogen-bond acceptors (Lipinski definition) is 8. The molecule has 1 fully saturated rings. The molecule has 0 saturated carbocycles. The smallest absolute Gasteiger partial charge is 0.344 e. The molecule has 1 aromatic rings. The fourth-order valence-corrected chi connectivity index (χ4v) is 6.24. The van der Waals surface area contributed by atoms with Gasteiger partial charge in [0.05, 0.1) is 13.2 Å². The lowest BCUT2D eigenvalue weighted by Gasteiger charge is -2.43. The van der Waals surface area contributed by atoms with Gasteiger partial charge in [0.25, 0.3) is 5.24 Å². The normalized spacial score (nSPS) is 22.9. The Labute approximate surface area is 195 Å². The standard InChI is InChI=1S/C23H26N2O7S/c1-5-31-19(28)23(20(29)32-6-2)11-16-7-14-9-22(18(27)24(4)21(30)33-22)10-15(14)8-17(16)12-25(23)13(3)26/h7-8H,5-6,9-12H2,1-4H3. The van der Waals surface area contributed by atoms with Gasteiger partial charge in [-0.15, -0.1) is 0 Å². The Bertz CT molecular complexity index is 1070. The summed E-state index contributed by atoms with van der Waals surface area (Å²) in [5.74, 6) is -2.32. The second-order valence-electron chi connectivity index (χ2n) is 8.55. The minimum absolute atomic E-state index is 0.0303. The van der Waals surface area contributed by atoms with Crippen LogP contribution in [0.1, 0.15) is 43.0 Å². The van der Waals surface area contributed by atoms with Gasteiger partial charge in [-0.2, -0.15) is 0 Å². The van der Waals surface area contributed by atoms with E-state index in [1.807, 2.05) is 12.1 Å². The van der Waals surface area contributed by atoms with Crippen LogP contribution in [0.25, 0.3) is 0 Å². The number of nitrogens with zero attached hydrogens (tertiary/aromatic N) is 2. The molecule has 3 aliphatic rings. The summed E-state index contributed by atoms with van der Waals surface area (Å²) in [5, 5.41) is -0.274. The molecule has 2 aliphatic heterocycles. The van der Waals surface area contributed by atoms with E-state index < -0.39 is 28.1 Å². The van der Waals surface area contributed by atoms with Gasteiger partial charge in [0.1, 0.15) is 4.75 Å². The second-order valence-corrected chi connectivity index (χ2v) is 9.89. The molecule has 3 amide bonds. The number of imide groups is 1. The van der Waals surface area contributed by atoms with Gasteiger partial charge in [0.15, 0.2) is 0 Å². The Morgan fingerprint density at radius 1 is 0.939 bits per heavy atom. The molecule has 0 bridgehead atoms. The molecule has 1 spiro atoms. The van der Waals surface area contributed by atoms with E-state index >= 15 is 0 Å². The Morgan fingerprint density at radius 2 is 1.45 bits per heavy atom. The quantitative estimate of drug-likeness (QED) is 0.478. The summed E-state index contributed by atoms with van der Waals surface area (Å²) >= 11 is 1.04. The van der Waals surface area contributed by atoms with E-state index in [0.717, 1.165) is 38.9 Å². The number of ether oxygens (including phenoxy) is 2. The zero-order valence-corrected chi connectivity index (χ0v) is 19.9. The molecule has 1 unspecified atom stereocenters. The number of fused-ring (bicyclic) bond motifs is 2. The lowest BCUT2D eigenvalue weighted by Crippen LogP contribution is -2.65. The highest BCUT2D eigenvalue weighted by atomic mass is 32.2. The number of carbonyl (C=O) groups is 5. The number of esters is 2. The maximum absolute atomic E-state index is 13.1. The maximum Gasteiger partial charge on any atom is 0.344 e. The van der Waals surface area contributed by atoms with Gasteiger partial charge in [-0.05, 0) is 60.7 Å². The number of carbonyl (C=O) groups excluding carboxylic acids is 5. The van der Waals surface area contributed by atoms with Crippen LogP contribution in [-0.2, 0) is 54.5 Å². The Morgan fingerprint density at radius 3 is 1.91 bits per heavy atom. The lowest BCUT2D eigenvalue weighted by atomic mass is 9.81. The van der Waals surface area contributed by atoms with Crippen molar-refractivity contribution in [3.63, 3.8) is 0 Å². The van der Waals surface area contributed by atoms with E-state index in [2.05, 4.69) is 0 Å². The molecule has 10 heteroatoms. The van der Waals surface area contributed by atoms with E-state index in [-0.39, 0.29) is 37.3 Å². The number of amides is 3. The number of hydrogen-bond donors (Lipinski definition) is 0. The summed E-state index contributed by atoms with van der Waals surface area (Å²) in [5.41, 5.74) is 1.43. The SMILES string of the molecule is CCOC(=O)C1(C(=O)OCC)Cc2cc3c(cc2CN1C(C)=O)CC1(C3)SC(=O)N(C)C1=O. The van der Waals surface area contributed by atoms with E-state index in [4.69, 9.17) is 9.47 Å². The summed E-state index contributed by atoms with van der Waals surface area (Å²) in [4.78, 5) is 66.2. The molecule has 4 rings (SSSR count). The molecule has 0 N–H and O–H groups in total. The predicted octanol–water partition coefficient (Wildman–Crippen LogP) is 1.62. The largest absolute Gasteiger partial charge is 0.464 e. The van der Waals surface area contributed by atoms with Crippen molar-refractivity contribution in [2.24, 2.45) is 0 Å². The van der Waals surface area contributed by atoms with Crippen molar-refractivity contribution in [2.45, 2.75) is 56.9 Å². The third-order valence-corrected chi connectivity index (χ3v) is 7.87. The van der Waals surface area contributed by atoms with Crippen LogP contribution < -0.4 is 0 Å². The van der Waals surface area contributed by atoms with Crippen LogP contribution in [0.5, 0.6) is 0 Å². The van der Waals surface area contributed by atoms with Crippen molar-refractivity contribution in [3.8, 4) is 0 Å². The van der Waals surface area contributed by atoms with E-state index in [1.165, 1.54) is 18.9 Å². The second kappa shape index (κ2) is 8.16. The molecule has 9 nitrogen and oxygen atoms in total. The van der Waals surface area contributed by atoms with Crippen molar-refractivity contribution in [1.82, 2.24) is 9.80 Å². The Balaban J connectivity index is 1.78. The van der Waals surface area contributed by atoms with Gasteiger partial charge in [-0.1, -0.05) is 12.1 Å². The molecule has 0 aromatic heterocycles. The van der Waals surface area contributed by atoms with E-state index in [9.17, 15) is 24.0 Å². The zero-order chi connectivity index (χ0) is 24.1. The highest BCUT2D eigenvalue weighted by molar-refractivity contribution is 8.16. The molecular weight excluding hydrogens is 448 g/mol. The van der Waals surface area contributed by atoms with E-state index in [0.29, 0.717) is 12.8 Å². The van der Waals surface area contributed by atoms with Crippen LogP contribution >= 0.6 is 11.8 Å². The minimum atomic E-state index is -1.91. The third kappa shape index (κ3) is 3.42. The molecular formula is C23H26N2O7S.